The number of nitrogens with zero attached hydrogens (tertiary/aromatic N) is 2. The highest BCUT2D eigenvalue weighted by molar-refractivity contribution is 5.80. The van der Waals surface area contributed by atoms with E-state index in [0.29, 0.717) is 5.69 Å². The highest BCUT2D eigenvalue weighted by atomic mass is 19.4. The molecule has 3 nitrogen and oxygen atoms in total. The molecule has 0 amide bonds. The standard InChI is InChI=1S/C8H9F3N2O/c1-13-3-2-6(12-13)4-7(14)5-8(9,10)11/h2-3H,4-5H2,1H3. The molecule has 0 spiro atoms. The molecule has 0 aromatic carbocycles. The van der Waals surface area contributed by atoms with Crippen molar-refractivity contribution in [1.29, 1.82) is 0 Å². The first-order valence-electron chi connectivity index (χ1n) is 3.94. The van der Waals surface area contributed by atoms with Crippen molar-refractivity contribution in [3.05, 3.63) is 18.0 Å². The van der Waals surface area contributed by atoms with Gasteiger partial charge in [0, 0.05) is 13.2 Å². The SMILES string of the molecule is Cn1ccc(CC(=O)CC(F)(F)F)n1. The van der Waals surface area contributed by atoms with Gasteiger partial charge in [-0.25, -0.2) is 0 Å². The molecular weight excluding hydrogens is 197 g/mol. The number of alkyl halides is 3. The van der Waals surface area contributed by atoms with Crippen molar-refractivity contribution in [1.82, 2.24) is 9.78 Å². The smallest absolute Gasteiger partial charge is 0.299 e. The van der Waals surface area contributed by atoms with Crippen LogP contribution in [0.4, 0.5) is 13.2 Å². The third-order valence-electron chi connectivity index (χ3n) is 1.54. The lowest BCUT2D eigenvalue weighted by atomic mass is 10.2. The molecule has 0 aliphatic carbocycles. The fourth-order valence-corrected chi connectivity index (χ4v) is 1.05. The van der Waals surface area contributed by atoms with Gasteiger partial charge in [0.05, 0.1) is 12.1 Å². The number of carbonyl (C=O) groups excluding carboxylic acids is 1. The minimum atomic E-state index is -4.42. The molecule has 0 atom stereocenters. The van der Waals surface area contributed by atoms with Crippen LogP contribution in [0.5, 0.6) is 0 Å². The van der Waals surface area contributed by atoms with Crippen molar-refractivity contribution in [2.75, 3.05) is 0 Å². The summed E-state index contributed by atoms with van der Waals surface area (Å²) in [5.74, 6) is -0.865. The van der Waals surface area contributed by atoms with E-state index in [4.69, 9.17) is 0 Å². The van der Waals surface area contributed by atoms with E-state index in [-0.39, 0.29) is 6.42 Å². The number of hydrogen-bond acceptors (Lipinski definition) is 2. The van der Waals surface area contributed by atoms with E-state index in [2.05, 4.69) is 5.10 Å². The normalized spacial score (nSPS) is 11.7. The number of Topliss-reactive ketones (excluding diaryl/α,β-unsaturated/α-hetero) is 1. The van der Waals surface area contributed by atoms with Gasteiger partial charge < -0.3 is 0 Å². The fraction of sp³-hybridized carbons (Fsp3) is 0.500. The van der Waals surface area contributed by atoms with Crippen LogP contribution in [0.15, 0.2) is 12.3 Å². The summed E-state index contributed by atoms with van der Waals surface area (Å²) < 4.78 is 36.7. The zero-order valence-electron chi connectivity index (χ0n) is 7.51. The lowest BCUT2D eigenvalue weighted by molar-refractivity contribution is -0.151. The molecule has 0 bridgehead atoms. The van der Waals surface area contributed by atoms with Crippen LogP contribution in [0.1, 0.15) is 12.1 Å². The first kappa shape index (κ1) is 10.7. The van der Waals surface area contributed by atoms with Gasteiger partial charge in [0.1, 0.15) is 12.2 Å². The number of carbonyl (C=O) groups is 1. The van der Waals surface area contributed by atoms with Gasteiger partial charge in [-0.05, 0) is 6.07 Å². The fourth-order valence-electron chi connectivity index (χ4n) is 1.05. The van der Waals surface area contributed by atoms with Crippen molar-refractivity contribution in [3.63, 3.8) is 0 Å². The van der Waals surface area contributed by atoms with Crippen molar-refractivity contribution >= 4 is 5.78 Å². The average molecular weight is 206 g/mol. The van der Waals surface area contributed by atoms with Crippen LogP contribution in [0.3, 0.4) is 0 Å². The van der Waals surface area contributed by atoms with Gasteiger partial charge in [-0.15, -0.1) is 0 Å². The molecule has 1 aromatic heterocycles. The van der Waals surface area contributed by atoms with Crippen molar-refractivity contribution in [3.8, 4) is 0 Å². The Labute approximate surface area is 78.5 Å². The summed E-state index contributed by atoms with van der Waals surface area (Å²) in [7, 11) is 1.64. The topological polar surface area (TPSA) is 34.9 Å². The van der Waals surface area contributed by atoms with Gasteiger partial charge in [-0.2, -0.15) is 18.3 Å². The van der Waals surface area contributed by atoms with Gasteiger partial charge in [-0.3, -0.25) is 9.48 Å². The summed E-state index contributed by atoms with van der Waals surface area (Å²) >= 11 is 0. The van der Waals surface area contributed by atoms with E-state index >= 15 is 0 Å². The number of halogens is 3. The Morgan fingerprint density at radius 2 is 2.21 bits per heavy atom. The minimum Gasteiger partial charge on any atom is -0.299 e. The summed E-state index contributed by atoms with van der Waals surface area (Å²) in [5.41, 5.74) is 0.363. The van der Waals surface area contributed by atoms with Crippen molar-refractivity contribution < 1.29 is 18.0 Å². The molecule has 0 unspecified atom stereocenters. The van der Waals surface area contributed by atoms with Crippen LogP contribution in [0.2, 0.25) is 0 Å². The van der Waals surface area contributed by atoms with Gasteiger partial charge in [0.25, 0.3) is 0 Å². The Morgan fingerprint density at radius 3 is 2.64 bits per heavy atom. The lowest BCUT2D eigenvalue weighted by Gasteiger charge is -2.03. The average Bonchev–Trinajstić information content (AvgIpc) is 2.30. The molecule has 1 heterocycles. The molecule has 0 aliphatic heterocycles. The predicted molar refractivity (Wildman–Crippen MR) is 42.6 cm³/mol. The van der Waals surface area contributed by atoms with E-state index in [9.17, 15) is 18.0 Å². The minimum absolute atomic E-state index is 0.264. The molecule has 1 aromatic rings. The van der Waals surface area contributed by atoms with E-state index in [1.54, 1.807) is 13.2 Å². The highest BCUT2D eigenvalue weighted by Gasteiger charge is 2.31. The first-order chi connectivity index (χ1) is 6.37. The number of ketones is 1. The Bertz CT molecular complexity index is 330. The van der Waals surface area contributed by atoms with Crippen LogP contribution >= 0.6 is 0 Å². The molecule has 0 saturated heterocycles. The third-order valence-corrected chi connectivity index (χ3v) is 1.54. The molecule has 0 fully saturated rings. The molecular formula is C8H9F3N2O. The van der Waals surface area contributed by atoms with Crippen LogP contribution < -0.4 is 0 Å². The quantitative estimate of drug-likeness (QED) is 0.750. The van der Waals surface area contributed by atoms with E-state index in [0.717, 1.165) is 0 Å². The molecule has 1 rings (SSSR count). The molecule has 14 heavy (non-hydrogen) atoms. The van der Waals surface area contributed by atoms with Crippen molar-refractivity contribution in [2.45, 2.75) is 19.0 Å². The molecule has 0 saturated carbocycles. The zero-order valence-corrected chi connectivity index (χ0v) is 7.51. The van der Waals surface area contributed by atoms with Crippen LogP contribution in [0.25, 0.3) is 0 Å². The lowest BCUT2D eigenvalue weighted by Crippen LogP contribution is -2.16. The van der Waals surface area contributed by atoms with E-state index < -0.39 is 18.4 Å². The Kier molecular flexibility index (Phi) is 2.93. The Hall–Kier alpha value is -1.33. The Balaban J connectivity index is 2.50. The number of aryl methyl sites for hydroxylation is 1. The van der Waals surface area contributed by atoms with Crippen molar-refractivity contribution in [2.24, 2.45) is 7.05 Å². The summed E-state index contributed by atoms with van der Waals surface area (Å²) in [5, 5.41) is 3.81. The van der Waals surface area contributed by atoms with E-state index in [1.165, 1.54) is 10.7 Å². The second kappa shape index (κ2) is 3.81. The molecule has 78 valence electrons. The predicted octanol–water partition coefficient (Wildman–Crippen LogP) is 1.48. The maximum atomic E-state index is 11.8. The van der Waals surface area contributed by atoms with Crippen LogP contribution in [-0.4, -0.2) is 21.7 Å². The second-order valence-corrected chi connectivity index (χ2v) is 2.99. The number of rotatable bonds is 3. The molecule has 0 N–H and O–H groups in total. The number of hydrogen-bond donors (Lipinski definition) is 0. The van der Waals surface area contributed by atoms with Gasteiger partial charge in [0.15, 0.2) is 0 Å². The van der Waals surface area contributed by atoms with Crippen LogP contribution in [-0.2, 0) is 18.3 Å². The summed E-state index contributed by atoms with van der Waals surface area (Å²) in [4.78, 5) is 10.9. The van der Waals surface area contributed by atoms with Crippen LogP contribution in [0, 0.1) is 0 Å². The maximum Gasteiger partial charge on any atom is 0.395 e. The Morgan fingerprint density at radius 1 is 1.57 bits per heavy atom. The van der Waals surface area contributed by atoms with Gasteiger partial charge in [0.2, 0.25) is 0 Å². The summed E-state index contributed by atoms with van der Waals surface area (Å²) in [6.07, 6.45) is -4.49. The largest absolute Gasteiger partial charge is 0.395 e. The number of aromatic nitrogens is 2. The van der Waals surface area contributed by atoms with Gasteiger partial charge in [-0.1, -0.05) is 0 Å². The highest BCUT2D eigenvalue weighted by Crippen LogP contribution is 2.20. The molecule has 0 radical (unpaired) electrons. The second-order valence-electron chi connectivity index (χ2n) is 2.99. The summed E-state index contributed by atoms with van der Waals surface area (Å²) in [6, 6.07) is 1.52. The monoisotopic (exact) mass is 206 g/mol. The molecule has 6 heteroatoms. The third kappa shape index (κ3) is 3.59. The molecule has 0 aliphatic rings. The van der Waals surface area contributed by atoms with Gasteiger partial charge >= 0.3 is 6.18 Å². The summed E-state index contributed by atoms with van der Waals surface area (Å²) in [6.45, 7) is 0. The first-order valence-corrected chi connectivity index (χ1v) is 3.94. The van der Waals surface area contributed by atoms with E-state index in [1.807, 2.05) is 0 Å². The maximum absolute atomic E-state index is 11.8. The zero-order chi connectivity index (χ0) is 10.8.